The molecule has 0 amide bonds. The van der Waals surface area contributed by atoms with E-state index in [0.29, 0.717) is 0 Å². The van der Waals surface area contributed by atoms with Crippen molar-refractivity contribution in [1.82, 2.24) is 0 Å². The van der Waals surface area contributed by atoms with E-state index in [2.05, 4.69) is 14.2 Å². The summed E-state index contributed by atoms with van der Waals surface area (Å²) in [5.41, 5.74) is 0. The van der Waals surface area contributed by atoms with Crippen LogP contribution >= 0.6 is 0 Å². The molecule has 1 aromatic carbocycles. The summed E-state index contributed by atoms with van der Waals surface area (Å²) in [5.74, 6) is -6.33. The Bertz CT molecular complexity index is 634. The van der Waals surface area contributed by atoms with Crippen molar-refractivity contribution < 1.29 is 80.1 Å². The first-order chi connectivity index (χ1) is 13.0. The predicted molar refractivity (Wildman–Crippen MR) is 61.3 cm³/mol. The molecule has 0 saturated heterocycles. The van der Waals surface area contributed by atoms with Gasteiger partial charge in [-0.05, 0) is 0 Å². The Morgan fingerprint density at radius 3 is 0.667 bits per heavy atom. The molecular formula is C12H3F15O3. The van der Waals surface area contributed by atoms with Gasteiger partial charge in [-0.1, -0.05) is 0 Å². The number of hydrogen-bond donors (Lipinski definition) is 0. The molecule has 174 valence electrons. The van der Waals surface area contributed by atoms with Crippen LogP contribution in [0.15, 0.2) is 18.2 Å². The van der Waals surface area contributed by atoms with Gasteiger partial charge in [-0.2, -0.15) is 65.9 Å². The lowest BCUT2D eigenvalue weighted by atomic mass is 10.3. The molecule has 1 aromatic rings. The van der Waals surface area contributed by atoms with Gasteiger partial charge in [-0.15, -0.1) is 0 Å². The normalized spacial score (nSPS) is 14.5. The summed E-state index contributed by atoms with van der Waals surface area (Å²) < 4.78 is 195. The molecule has 18 heteroatoms. The zero-order valence-corrected chi connectivity index (χ0v) is 13.1. The number of benzene rings is 1. The minimum absolute atomic E-state index is 0.502. The van der Waals surface area contributed by atoms with Crippen molar-refractivity contribution in [3.05, 3.63) is 18.2 Å². The lowest BCUT2D eigenvalue weighted by Gasteiger charge is -2.24. The first-order valence-electron chi connectivity index (χ1n) is 6.54. The zero-order chi connectivity index (χ0) is 24.0. The molecule has 0 fully saturated rings. The highest BCUT2D eigenvalue weighted by molar-refractivity contribution is 5.42. The molecule has 0 heterocycles. The third kappa shape index (κ3) is 5.80. The number of ether oxygens (including phenoxy) is 3. The lowest BCUT2D eigenvalue weighted by Crippen LogP contribution is -2.43. The van der Waals surface area contributed by atoms with Crippen LogP contribution in [0, 0.1) is 0 Å². The fourth-order valence-electron chi connectivity index (χ4n) is 1.34. The SMILES string of the molecule is FC(F)(F)C(F)(F)Oc1cc(OC(F)(F)C(F)(F)F)cc(OC(F)(F)C(F)(F)F)c1. The molecule has 0 aliphatic rings. The summed E-state index contributed by atoms with van der Waals surface area (Å²) in [6.45, 7) is 0. The van der Waals surface area contributed by atoms with Gasteiger partial charge in [0.05, 0.1) is 0 Å². The smallest absolute Gasteiger partial charge is 0.425 e. The van der Waals surface area contributed by atoms with Crippen LogP contribution in [-0.4, -0.2) is 36.9 Å². The average Bonchev–Trinajstić information content (AvgIpc) is 2.41. The minimum atomic E-state index is -6.52. The molecule has 3 nitrogen and oxygen atoms in total. The molecule has 0 spiro atoms. The van der Waals surface area contributed by atoms with Crippen molar-refractivity contribution in [2.24, 2.45) is 0 Å². The van der Waals surface area contributed by atoms with Crippen LogP contribution in [-0.2, 0) is 0 Å². The van der Waals surface area contributed by atoms with Crippen molar-refractivity contribution >= 4 is 0 Å². The summed E-state index contributed by atoms with van der Waals surface area (Å²) in [6, 6.07) is -1.51. The van der Waals surface area contributed by atoms with E-state index in [9.17, 15) is 65.9 Å². The van der Waals surface area contributed by atoms with Crippen LogP contribution in [0.2, 0.25) is 0 Å². The number of rotatable bonds is 6. The van der Waals surface area contributed by atoms with Gasteiger partial charge in [0, 0.05) is 18.2 Å². The summed E-state index contributed by atoms with van der Waals surface area (Å²) in [7, 11) is 0. The molecule has 0 unspecified atom stereocenters. The van der Waals surface area contributed by atoms with E-state index >= 15 is 0 Å². The molecule has 0 radical (unpaired) electrons. The molecule has 0 saturated carbocycles. The van der Waals surface area contributed by atoms with Gasteiger partial charge >= 0.3 is 36.9 Å². The Morgan fingerprint density at radius 1 is 0.367 bits per heavy atom. The van der Waals surface area contributed by atoms with Crippen LogP contribution in [0.3, 0.4) is 0 Å². The second kappa shape index (κ2) is 7.36. The van der Waals surface area contributed by atoms with Crippen LogP contribution in [0.4, 0.5) is 65.9 Å². The molecule has 1 rings (SSSR count). The van der Waals surface area contributed by atoms with Gasteiger partial charge in [0.25, 0.3) is 0 Å². The first-order valence-corrected chi connectivity index (χ1v) is 6.54. The largest absolute Gasteiger partial charge is 0.499 e. The fraction of sp³-hybridized carbons (Fsp3) is 0.500. The molecule has 0 aliphatic heterocycles. The Labute approximate surface area is 153 Å². The Morgan fingerprint density at radius 2 is 0.533 bits per heavy atom. The highest BCUT2D eigenvalue weighted by Gasteiger charge is 2.63. The Balaban J connectivity index is 3.45. The van der Waals surface area contributed by atoms with Crippen molar-refractivity contribution in [2.75, 3.05) is 0 Å². The van der Waals surface area contributed by atoms with Gasteiger partial charge in [-0.3, -0.25) is 0 Å². The van der Waals surface area contributed by atoms with Crippen molar-refractivity contribution in [3.63, 3.8) is 0 Å². The standard InChI is InChI=1S/C12H3F15O3/c13-7(14,15)10(22,23)28-4-1-5(29-11(24,25)8(16,17)18)3-6(2-4)30-12(26,27)9(19,20)21/h1-3H. The molecule has 30 heavy (non-hydrogen) atoms. The van der Waals surface area contributed by atoms with E-state index in [-0.39, 0.29) is 0 Å². The first kappa shape index (κ1) is 25.6. The molecular weight excluding hydrogens is 477 g/mol. The fourth-order valence-corrected chi connectivity index (χ4v) is 1.34. The summed E-state index contributed by atoms with van der Waals surface area (Å²) in [5, 5.41) is 0. The van der Waals surface area contributed by atoms with Crippen molar-refractivity contribution in [2.45, 2.75) is 36.9 Å². The highest BCUT2D eigenvalue weighted by atomic mass is 19.4. The minimum Gasteiger partial charge on any atom is -0.425 e. The van der Waals surface area contributed by atoms with Crippen LogP contribution in [0.5, 0.6) is 17.2 Å². The lowest BCUT2D eigenvalue weighted by molar-refractivity contribution is -0.364. The maximum Gasteiger partial charge on any atom is 0.499 e. The van der Waals surface area contributed by atoms with Crippen LogP contribution < -0.4 is 14.2 Å². The van der Waals surface area contributed by atoms with E-state index in [4.69, 9.17) is 0 Å². The van der Waals surface area contributed by atoms with Crippen LogP contribution in [0.25, 0.3) is 0 Å². The second-order valence-electron chi connectivity index (χ2n) is 4.99. The Hall–Kier alpha value is -2.43. The van der Waals surface area contributed by atoms with Gasteiger partial charge < -0.3 is 14.2 Å². The highest BCUT2D eigenvalue weighted by Crippen LogP contribution is 2.44. The third-order valence-corrected chi connectivity index (χ3v) is 2.58. The van der Waals surface area contributed by atoms with E-state index in [1.807, 2.05) is 0 Å². The second-order valence-corrected chi connectivity index (χ2v) is 4.99. The predicted octanol–water partition coefficient (Wildman–Crippen LogP) is 6.29. The van der Waals surface area contributed by atoms with Crippen molar-refractivity contribution in [3.8, 4) is 17.2 Å². The van der Waals surface area contributed by atoms with E-state index < -0.39 is 72.3 Å². The third-order valence-electron chi connectivity index (χ3n) is 2.58. The number of alkyl halides is 15. The monoisotopic (exact) mass is 480 g/mol. The number of halogens is 15. The maximum absolute atomic E-state index is 12.8. The topological polar surface area (TPSA) is 27.7 Å². The quantitative estimate of drug-likeness (QED) is 0.449. The van der Waals surface area contributed by atoms with Gasteiger partial charge in [-0.25, -0.2) is 0 Å². The number of hydrogen-bond acceptors (Lipinski definition) is 3. The molecule has 0 bridgehead atoms. The summed E-state index contributed by atoms with van der Waals surface area (Å²) >= 11 is 0. The van der Waals surface area contributed by atoms with Gasteiger partial charge in [0.2, 0.25) is 0 Å². The van der Waals surface area contributed by atoms with E-state index in [0.717, 1.165) is 0 Å². The molecule has 0 N–H and O–H groups in total. The molecule has 0 aliphatic carbocycles. The maximum atomic E-state index is 12.8. The van der Waals surface area contributed by atoms with Crippen molar-refractivity contribution in [1.29, 1.82) is 0 Å². The van der Waals surface area contributed by atoms with Gasteiger partial charge in [0.1, 0.15) is 17.2 Å². The summed E-state index contributed by atoms with van der Waals surface area (Å²) in [6.07, 6.45) is -38.1. The molecule has 0 aromatic heterocycles. The zero-order valence-electron chi connectivity index (χ0n) is 13.1. The average molecular weight is 480 g/mol. The Kier molecular flexibility index (Phi) is 6.29. The van der Waals surface area contributed by atoms with E-state index in [1.165, 1.54) is 0 Å². The van der Waals surface area contributed by atoms with E-state index in [1.54, 1.807) is 0 Å². The van der Waals surface area contributed by atoms with Crippen LogP contribution in [0.1, 0.15) is 0 Å². The molecule has 0 atom stereocenters. The summed E-state index contributed by atoms with van der Waals surface area (Å²) in [4.78, 5) is 0. The van der Waals surface area contributed by atoms with Gasteiger partial charge in [0.15, 0.2) is 0 Å².